The van der Waals surface area contributed by atoms with Crippen molar-refractivity contribution in [1.29, 1.82) is 0 Å². The summed E-state index contributed by atoms with van der Waals surface area (Å²) in [6, 6.07) is 2.41. The fourth-order valence-electron chi connectivity index (χ4n) is 1.25. The zero-order valence-electron chi connectivity index (χ0n) is 10.5. The molecule has 1 aromatic heterocycles. The van der Waals surface area contributed by atoms with Crippen LogP contribution in [-0.4, -0.2) is 8.07 Å². The molecule has 0 aliphatic heterocycles. The second-order valence-electron chi connectivity index (χ2n) is 5.72. The van der Waals surface area contributed by atoms with Gasteiger partial charge in [-0.2, -0.15) is 11.3 Å². The Morgan fingerprint density at radius 1 is 1.14 bits per heavy atom. The smallest absolute Gasteiger partial charge is 0.0987 e. The summed E-state index contributed by atoms with van der Waals surface area (Å²) >= 11 is 2.01. The Balaban J connectivity index is 3.16. The predicted molar refractivity (Wildman–Crippen MR) is 70.6 cm³/mol. The second kappa shape index (κ2) is 3.49. The van der Waals surface area contributed by atoms with Crippen LogP contribution in [0.25, 0.3) is 0 Å². The van der Waals surface area contributed by atoms with Crippen molar-refractivity contribution < 1.29 is 0 Å². The molecule has 0 amide bonds. The van der Waals surface area contributed by atoms with Crippen molar-refractivity contribution in [2.24, 2.45) is 0 Å². The molecule has 0 nitrogen and oxygen atoms in total. The highest BCUT2D eigenvalue weighted by atomic mass is 32.1. The van der Waals surface area contributed by atoms with Crippen LogP contribution in [-0.2, 0) is 0 Å². The lowest BCUT2D eigenvalue weighted by Crippen LogP contribution is -2.47. The maximum absolute atomic E-state index is 2.48. The minimum Gasteiger partial charge on any atom is -0.150 e. The van der Waals surface area contributed by atoms with Gasteiger partial charge in [-0.1, -0.05) is 33.9 Å². The van der Waals surface area contributed by atoms with Gasteiger partial charge in [0.25, 0.3) is 0 Å². The van der Waals surface area contributed by atoms with E-state index in [2.05, 4.69) is 53.8 Å². The zero-order valence-corrected chi connectivity index (χ0v) is 12.3. The van der Waals surface area contributed by atoms with E-state index in [1.54, 1.807) is 4.50 Å². The summed E-state index contributed by atoms with van der Waals surface area (Å²) in [4.78, 5) is 1.49. The fourth-order valence-corrected chi connectivity index (χ4v) is 5.75. The van der Waals surface area contributed by atoms with Gasteiger partial charge in [-0.25, -0.2) is 0 Å². The third-order valence-corrected chi connectivity index (χ3v) is 11.6. The van der Waals surface area contributed by atoms with E-state index in [-0.39, 0.29) is 0 Å². The van der Waals surface area contributed by atoms with Gasteiger partial charge in [-0.15, -0.1) is 0 Å². The van der Waals surface area contributed by atoms with Crippen molar-refractivity contribution in [3.05, 3.63) is 16.5 Å². The maximum atomic E-state index is 2.48. The summed E-state index contributed by atoms with van der Waals surface area (Å²) in [5, 5.41) is 0.455. The Labute approximate surface area is 93.4 Å². The van der Waals surface area contributed by atoms with Gasteiger partial charge in [0, 0.05) is 4.88 Å². The van der Waals surface area contributed by atoms with E-state index in [0.29, 0.717) is 5.04 Å². The topological polar surface area (TPSA) is 0 Å². The Hall–Kier alpha value is -0.0831. The lowest BCUT2D eigenvalue weighted by atomic mass is 10.2. The van der Waals surface area contributed by atoms with E-state index in [0.717, 1.165) is 0 Å². The number of hydrogen-bond donors (Lipinski definition) is 0. The standard InChI is InChI=1S/C12H22SSi/c1-9-8-11(13-10(9)2)14(6,7)12(3,4)5/h8H,1-7H3. The van der Waals surface area contributed by atoms with Crippen molar-refractivity contribution in [3.8, 4) is 0 Å². The zero-order chi connectivity index (χ0) is 11.1. The molecule has 0 bridgehead atoms. The van der Waals surface area contributed by atoms with E-state index >= 15 is 0 Å². The highest BCUT2D eigenvalue weighted by Gasteiger charge is 2.38. The molecule has 2 heteroatoms. The third-order valence-electron chi connectivity index (χ3n) is 3.66. The lowest BCUT2D eigenvalue weighted by Gasteiger charge is -2.36. The van der Waals surface area contributed by atoms with Crippen molar-refractivity contribution in [3.63, 3.8) is 0 Å². The first-order chi connectivity index (χ1) is 6.16. The summed E-state index contributed by atoms with van der Waals surface area (Å²) in [5.41, 5.74) is 1.47. The Morgan fingerprint density at radius 2 is 1.64 bits per heavy atom. The van der Waals surface area contributed by atoms with Crippen LogP contribution in [0.5, 0.6) is 0 Å². The van der Waals surface area contributed by atoms with Gasteiger partial charge in [-0.05, 0) is 35.0 Å². The molecule has 0 spiro atoms. The molecular weight excluding hydrogens is 204 g/mol. The molecule has 1 aromatic rings. The molecule has 14 heavy (non-hydrogen) atoms. The highest BCUT2D eigenvalue weighted by molar-refractivity contribution is 7.27. The number of rotatable bonds is 1. The average Bonchev–Trinajstić information content (AvgIpc) is 2.30. The van der Waals surface area contributed by atoms with Gasteiger partial charge in [0.1, 0.15) is 0 Å². The van der Waals surface area contributed by atoms with Crippen molar-refractivity contribution >= 4 is 23.9 Å². The molecule has 0 saturated heterocycles. The normalized spacial score (nSPS) is 13.4. The Bertz CT molecular complexity index is 309. The van der Waals surface area contributed by atoms with E-state index < -0.39 is 8.07 Å². The molecular formula is C12H22SSi. The van der Waals surface area contributed by atoms with Gasteiger partial charge >= 0.3 is 0 Å². The van der Waals surface area contributed by atoms with Gasteiger partial charge in [0.05, 0.1) is 8.07 Å². The van der Waals surface area contributed by atoms with Crippen LogP contribution in [0.1, 0.15) is 31.2 Å². The maximum Gasteiger partial charge on any atom is 0.0987 e. The molecule has 0 fully saturated rings. The van der Waals surface area contributed by atoms with Crippen LogP contribution < -0.4 is 4.50 Å². The molecule has 0 unspecified atom stereocenters. The van der Waals surface area contributed by atoms with Crippen LogP contribution in [0, 0.1) is 13.8 Å². The molecule has 1 rings (SSSR count). The molecule has 80 valence electrons. The monoisotopic (exact) mass is 226 g/mol. The quantitative estimate of drug-likeness (QED) is 0.633. The summed E-state index contributed by atoms with van der Waals surface area (Å²) in [7, 11) is -1.27. The van der Waals surface area contributed by atoms with Crippen LogP contribution in [0.2, 0.25) is 18.1 Å². The third kappa shape index (κ3) is 1.96. The first-order valence-corrected chi connectivity index (χ1v) is 9.05. The molecule has 1 heterocycles. The van der Waals surface area contributed by atoms with Crippen molar-refractivity contribution in [2.75, 3.05) is 0 Å². The first-order valence-electron chi connectivity index (χ1n) is 5.24. The van der Waals surface area contributed by atoms with E-state index in [4.69, 9.17) is 0 Å². The molecule has 0 atom stereocenters. The van der Waals surface area contributed by atoms with Gasteiger partial charge in [0.15, 0.2) is 0 Å². The minimum absolute atomic E-state index is 0.455. The largest absolute Gasteiger partial charge is 0.150 e. The molecule has 0 N–H and O–H groups in total. The summed E-state index contributed by atoms with van der Waals surface area (Å²) < 4.78 is 1.65. The predicted octanol–water partition coefficient (Wildman–Crippen LogP) is 4.08. The molecule has 0 radical (unpaired) electrons. The highest BCUT2D eigenvalue weighted by Crippen LogP contribution is 2.37. The fraction of sp³-hybridized carbons (Fsp3) is 0.667. The SMILES string of the molecule is Cc1cc([Si](C)(C)C(C)(C)C)sc1C. The van der Waals surface area contributed by atoms with Crippen molar-refractivity contribution in [2.45, 2.75) is 52.8 Å². The average molecular weight is 226 g/mol. The summed E-state index contributed by atoms with van der Waals surface area (Å²) in [5.74, 6) is 0. The number of aryl methyl sites for hydroxylation is 2. The van der Waals surface area contributed by atoms with Crippen LogP contribution in [0.15, 0.2) is 6.07 Å². The Kier molecular flexibility index (Phi) is 2.99. The molecule has 0 saturated carbocycles. The lowest BCUT2D eigenvalue weighted by molar-refractivity contribution is 0.730. The summed E-state index contributed by atoms with van der Waals surface area (Å²) in [6.45, 7) is 16.6. The van der Waals surface area contributed by atoms with E-state index in [9.17, 15) is 0 Å². The minimum atomic E-state index is -1.27. The van der Waals surface area contributed by atoms with Crippen molar-refractivity contribution in [1.82, 2.24) is 0 Å². The molecule has 0 aliphatic rings. The molecule has 0 aromatic carbocycles. The Morgan fingerprint density at radius 3 is 1.93 bits per heavy atom. The number of thiophene rings is 1. The second-order valence-corrected chi connectivity index (χ2v) is 12.6. The van der Waals surface area contributed by atoms with Crippen LogP contribution in [0.4, 0.5) is 0 Å². The van der Waals surface area contributed by atoms with Crippen LogP contribution >= 0.6 is 11.3 Å². The van der Waals surface area contributed by atoms with E-state index in [1.807, 2.05) is 11.3 Å². The van der Waals surface area contributed by atoms with E-state index in [1.165, 1.54) is 10.4 Å². The van der Waals surface area contributed by atoms with Gasteiger partial charge in [0.2, 0.25) is 0 Å². The summed E-state index contributed by atoms with van der Waals surface area (Å²) in [6.07, 6.45) is 0. The van der Waals surface area contributed by atoms with Gasteiger partial charge in [-0.3, -0.25) is 0 Å². The van der Waals surface area contributed by atoms with Crippen LogP contribution in [0.3, 0.4) is 0 Å². The van der Waals surface area contributed by atoms with Gasteiger partial charge < -0.3 is 0 Å². The first kappa shape index (κ1) is 12.0. The molecule has 0 aliphatic carbocycles. The number of hydrogen-bond acceptors (Lipinski definition) is 1.